The quantitative estimate of drug-likeness (QED) is 0.504. The molecule has 0 aliphatic heterocycles. The smallest absolute Gasteiger partial charge is 0.412 e. The van der Waals surface area contributed by atoms with Crippen molar-refractivity contribution in [1.82, 2.24) is 0 Å². The van der Waals surface area contributed by atoms with Crippen LogP contribution >= 0.6 is 0 Å². The van der Waals surface area contributed by atoms with E-state index in [9.17, 15) is 19.3 Å². The summed E-state index contributed by atoms with van der Waals surface area (Å²) in [7, 11) is 0. The van der Waals surface area contributed by atoms with Crippen molar-refractivity contribution < 1.29 is 23.6 Å². The number of hydrogen-bond acceptors (Lipinski definition) is 5. The van der Waals surface area contributed by atoms with Crippen LogP contribution in [0.4, 0.5) is 20.6 Å². The Hall–Kier alpha value is -3.16. The second-order valence-electron chi connectivity index (χ2n) is 8.47. The van der Waals surface area contributed by atoms with E-state index in [1.54, 1.807) is 20.8 Å². The Balaban J connectivity index is 2.59. The number of hydrogen-bond donors (Lipinski definition) is 1. The number of carbonyl (C=O) groups is 1. The van der Waals surface area contributed by atoms with Crippen molar-refractivity contribution in [2.24, 2.45) is 0 Å². The van der Waals surface area contributed by atoms with Crippen LogP contribution in [-0.2, 0) is 4.74 Å². The molecular formula is C21H25FN2O5. The van der Waals surface area contributed by atoms with Crippen LogP contribution in [0.5, 0.6) is 5.75 Å². The van der Waals surface area contributed by atoms with Gasteiger partial charge < -0.3 is 9.47 Å². The van der Waals surface area contributed by atoms with Crippen LogP contribution in [0.25, 0.3) is 11.1 Å². The van der Waals surface area contributed by atoms with Crippen molar-refractivity contribution in [2.45, 2.75) is 52.7 Å². The average Bonchev–Trinajstić information content (AvgIpc) is 2.52. The monoisotopic (exact) mass is 404 g/mol. The molecule has 1 N–H and O–H groups in total. The molecular weight excluding hydrogens is 379 g/mol. The van der Waals surface area contributed by atoms with Crippen molar-refractivity contribution in [3.63, 3.8) is 0 Å². The lowest BCUT2D eigenvalue weighted by Gasteiger charge is -2.24. The predicted molar refractivity (Wildman–Crippen MR) is 109 cm³/mol. The average molecular weight is 404 g/mol. The summed E-state index contributed by atoms with van der Waals surface area (Å²) < 4.78 is 24.5. The number of anilines is 1. The van der Waals surface area contributed by atoms with Crippen molar-refractivity contribution in [2.75, 3.05) is 5.32 Å². The fraction of sp³-hybridized carbons (Fsp3) is 0.381. The number of amides is 1. The molecule has 0 saturated heterocycles. The van der Waals surface area contributed by atoms with Crippen LogP contribution in [0.2, 0.25) is 0 Å². The highest BCUT2D eigenvalue weighted by Gasteiger charge is 2.25. The third kappa shape index (κ3) is 6.44. The fourth-order valence-electron chi connectivity index (χ4n) is 2.50. The molecule has 0 unspecified atom stereocenters. The summed E-state index contributed by atoms with van der Waals surface area (Å²) in [4.78, 5) is 23.2. The minimum atomic E-state index is -0.822. The van der Waals surface area contributed by atoms with E-state index in [1.807, 2.05) is 20.8 Å². The molecule has 7 nitrogen and oxygen atoms in total. The van der Waals surface area contributed by atoms with E-state index < -0.39 is 28.0 Å². The maximum Gasteiger partial charge on any atom is 0.412 e. The van der Waals surface area contributed by atoms with Gasteiger partial charge in [-0.1, -0.05) is 12.1 Å². The van der Waals surface area contributed by atoms with Gasteiger partial charge in [-0.05, 0) is 59.2 Å². The lowest BCUT2D eigenvalue weighted by Crippen LogP contribution is -2.27. The molecule has 0 atom stereocenters. The lowest BCUT2D eigenvalue weighted by molar-refractivity contribution is -0.383. The van der Waals surface area contributed by atoms with Crippen molar-refractivity contribution in [3.05, 3.63) is 52.3 Å². The number of rotatable bonds is 4. The van der Waals surface area contributed by atoms with E-state index in [1.165, 1.54) is 36.4 Å². The van der Waals surface area contributed by atoms with Gasteiger partial charge in [-0.15, -0.1) is 0 Å². The van der Waals surface area contributed by atoms with Crippen molar-refractivity contribution >= 4 is 17.5 Å². The van der Waals surface area contributed by atoms with Gasteiger partial charge in [0.2, 0.25) is 0 Å². The minimum absolute atomic E-state index is 0.0608. The summed E-state index contributed by atoms with van der Waals surface area (Å²) in [6.07, 6.45) is -0.822. The first-order valence-electron chi connectivity index (χ1n) is 9.02. The van der Waals surface area contributed by atoms with Gasteiger partial charge in [-0.3, -0.25) is 15.4 Å². The summed E-state index contributed by atoms with van der Waals surface area (Å²) in [5.41, 5.74) is -0.837. The zero-order valence-electron chi connectivity index (χ0n) is 17.3. The summed E-state index contributed by atoms with van der Waals surface area (Å²) in [5, 5.41) is 14.1. The SMILES string of the molecule is CC(C)(C)OC(=O)Nc1cc(OC(C)(C)C)c(-c2ccc(F)cc2)cc1[N+](=O)[O-]. The molecule has 1 amide bonds. The van der Waals surface area contributed by atoms with E-state index in [0.717, 1.165) is 0 Å². The standard InChI is InChI=1S/C21H25FN2O5/c1-20(2,3)28-18-12-16(23-19(25)29-21(4,5)6)17(24(26)27)11-15(18)13-7-9-14(22)10-8-13/h7-12H,1-6H3,(H,23,25). The lowest BCUT2D eigenvalue weighted by atomic mass is 10.0. The molecule has 2 aromatic rings. The number of halogens is 1. The van der Waals surface area contributed by atoms with Crippen LogP contribution in [0, 0.1) is 15.9 Å². The molecule has 0 aliphatic rings. The van der Waals surface area contributed by atoms with Crippen LogP contribution in [0.1, 0.15) is 41.5 Å². The molecule has 0 aliphatic carbocycles. The maximum absolute atomic E-state index is 13.3. The zero-order valence-corrected chi connectivity index (χ0v) is 17.3. The molecule has 8 heteroatoms. The first kappa shape index (κ1) is 22.1. The number of carbonyl (C=O) groups excluding carboxylic acids is 1. The van der Waals surface area contributed by atoms with E-state index >= 15 is 0 Å². The van der Waals surface area contributed by atoms with Crippen molar-refractivity contribution in [3.8, 4) is 16.9 Å². The van der Waals surface area contributed by atoms with Gasteiger partial charge in [0, 0.05) is 17.7 Å². The van der Waals surface area contributed by atoms with E-state index in [0.29, 0.717) is 16.9 Å². The first-order chi connectivity index (χ1) is 13.2. The maximum atomic E-state index is 13.3. The highest BCUT2D eigenvalue weighted by atomic mass is 19.1. The molecule has 0 saturated carbocycles. The Morgan fingerprint density at radius 2 is 1.62 bits per heavy atom. The summed E-state index contributed by atoms with van der Waals surface area (Å²) >= 11 is 0. The highest BCUT2D eigenvalue weighted by molar-refractivity contribution is 5.91. The van der Waals surface area contributed by atoms with Crippen LogP contribution in [0.15, 0.2) is 36.4 Å². The Bertz CT molecular complexity index is 912. The van der Waals surface area contributed by atoms with Gasteiger partial charge in [0.05, 0.1) is 4.92 Å². The van der Waals surface area contributed by atoms with Crippen LogP contribution in [0.3, 0.4) is 0 Å². The molecule has 2 rings (SSSR count). The molecule has 156 valence electrons. The second-order valence-corrected chi connectivity index (χ2v) is 8.47. The summed E-state index contributed by atoms with van der Waals surface area (Å²) in [5.74, 6) is -0.120. The minimum Gasteiger partial charge on any atom is -0.487 e. The zero-order chi connectivity index (χ0) is 22.0. The predicted octanol–water partition coefficient (Wildman–Crippen LogP) is 5.93. The fourth-order valence-corrected chi connectivity index (χ4v) is 2.50. The van der Waals surface area contributed by atoms with E-state index in [-0.39, 0.29) is 11.4 Å². The Labute approximate surface area is 169 Å². The summed E-state index contributed by atoms with van der Waals surface area (Å²) in [6, 6.07) is 8.20. The molecule has 0 spiro atoms. The molecule has 0 bridgehead atoms. The Morgan fingerprint density at radius 3 is 2.10 bits per heavy atom. The van der Waals surface area contributed by atoms with Crippen LogP contribution < -0.4 is 10.1 Å². The molecule has 29 heavy (non-hydrogen) atoms. The number of ether oxygens (including phenoxy) is 2. The topological polar surface area (TPSA) is 90.7 Å². The third-order valence-corrected chi connectivity index (χ3v) is 3.50. The summed E-state index contributed by atoms with van der Waals surface area (Å²) in [6.45, 7) is 10.5. The van der Waals surface area contributed by atoms with Crippen LogP contribution in [-0.4, -0.2) is 22.2 Å². The van der Waals surface area contributed by atoms with Gasteiger partial charge in [0.1, 0.15) is 28.5 Å². The van der Waals surface area contributed by atoms with E-state index in [2.05, 4.69) is 5.32 Å². The van der Waals surface area contributed by atoms with Gasteiger partial charge in [-0.25, -0.2) is 9.18 Å². The molecule has 0 heterocycles. The first-order valence-corrected chi connectivity index (χ1v) is 9.02. The Kier molecular flexibility index (Phi) is 6.15. The van der Waals surface area contributed by atoms with Crippen molar-refractivity contribution in [1.29, 1.82) is 0 Å². The van der Waals surface area contributed by atoms with Gasteiger partial charge in [-0.2, -0.15) is 0 Å². The molecule has 0 fully saturated rings. The van der Waals surface area contributed by atoms with E-state index in [4.69, 9.17) is 9.47 Å². The highest BCUT2D eigenvalue weighted by Crippen LogP contribution is 2.40. The largest absolute Gasteiger partial charge is 0.487 e. The molecule has 2 aromatic carbocycles. The number of nitrogens with zero attached hydrogens (tertiary/aromatic N) is 1. The number of nitro groups is 1. The number of benzene rings is 2. The molecule has 0 aromatic heterocycles. The van der Waals surface area contributed by atoms with Gasteiger partial charge in [0.15, 0.2) is 0 Å². The number of nitro benzene ring substituents is 1. The van der Waals surface area contributed by atoms with Gasteiger partial charge in [0.25, 0.3) is 5.69 Å². The second kappa shape index (κ2) is 8.06. The third-order valence-electron chi connectivity index (χ3n) is 3.50. The Morgan fingerprint density at radius 1 is 1.03 bits per heavy atom. The normalized spacial score (nSPS) is 11.7. The van der Waals surface area contributed by atoms with Gasteiger partial charge >= 0.3 is 6.09 Å². The number of nitrogens with one attached hydrogen (secondary N) is 1. The molecule has 0 radical (unpaired) electrons.